The Balaban J connectivity index is 1.37. The normalized spacial score (nSPS) is 15.7. The van der Waals surface area contributed by atoms with Crippen LogP contribution in [0.3, 0.4) is 0 Å². The molecule has 1 fully saturated rings. The van der Waals surface area contributed by atoms with Crippen LogP contribution < -0.4 is 5.32 Å². The van der Waals surface area contributed by atoms with Crippen LogP contribution >= 0.6 is 0 Å². The second kappa shape index (κ2) is 8.37. The quantitative estimate of drug-likeness (QED) is 0.697. The van der Waals surface area contributed by atoms with Crippen LogP contribution in [0.15, 0.2) is 42.5 Å². The summed E-state index contributed by atoms with van der Waals surface area (Å²) in [5.41, 5.74) is 5.56. The maximum Gasteiger partial charge on any atom is 0.227 e. The van der Waals surface area contributed by atoms with Crippen LogP contribution in [0, 0.1) is 19.8 Å². The first-order valence-corrected chi connectivity index (χ1v) is 10.6. The number of carbonyl (C=O) groups excluding carboxylic acids is 1. The minimum atomic E-state index is 0.0798. The molecule has 1 amide bonds. The molecule has 0 aliphatic carbocycles. The van der Waals surface area contributed by atoms with Crippen molar-refractivity contribution in [1.29, 1.82) is 0 Å². The van der Waals surface area contributed by atoms with Crippen LogP contribution in [0.2, 0.25) is 0 Å². The molecule has 2 heterocycles. The largest absolute Gasteiger partial charge is 0.327 e. The number of benzene rings is 2. The summed E-state index contributed by atoms with van der Waals surface area (Å²) in [6.45, 7) is 9.93. The van der Waals surface area contributed by atoms with Gasteiger partial charge in [-0.2, -0.15) is 0 Å². The van der Waals surface area contributed by atoms with E-state index in [4.69, 9.17) is 4.98 Å². The summed E-state index contributed by atoms with van der Waals surface area (Å²) in [6.07, 6.45) is 1.78. The summed E-state index contributed by atoms with van der Waals surface area (Å²) in [6, 6.07) is 14.4. The molecule has 0 unspecified atom stereocenters. The summed E-state index contributed by atoms with van der Waals surface area (Å²) >= 11 is 0. The third kappa shape index (κ3) is 4.06. The smallest absolute Gasteiger partial charge is 0.227 e. The van der Waals surface area contributed by atoms with Gasteiger partial charge in [0.15, 0.2) is 0 Å². The van der Waals surface area contributed by atoms with Crippen molar-refractivity contribution < 1.29 is 4.79 Å². The number of aromatic nitrogens is 2. The number of nitrogens with one attached hydrogen (secondary N) is 1. The summed E-state index contributed by atoms with van der Waals surface area (Å²) in [4.78, 5) is 20.0. The molecule has 2 aromatic carbocycles. The van der Waals surface area contributed by atoms with E-state index in [9.17, 15) is 4.79 Å². The van der Waals surface area contributed by atoms with Gasteiger partial charge in [-0.25, -0.2) is 4.98 Å². The number of carbonyl (C=O) groups is 1. The maximum atomic E-state index is 12.8. The second-order valence-corrected chi connectivity index (χ2v) is 8.05. The van der Waals surface area contributed by atoms with Gasteiger partial charge in [-0.1, -0.05) is 24.3 Å². The van der Waals surface area contributed by atoms with Gasteiger partial charge in [0.1, 0.15) is 5.82 Å². The van der Waals surface area contributed by atoms with Gasteiger partial charge in [-0.3, -0.25) is 9.69 Å². The molecule has 4 rings (SSSR count). The minimum absolute atomic E-state index is 0.0798. The number of nitrogens with zero attached hydrogens (tertiary/aromatic N) is 3. The average Bonchev–Trinajstić information content (AvgIpc) is 3.08. The Kier molecular flexibility index (Phi) is 5.67. The standard InChI is InChI=1S/C24H30N4O/c1-4-28-22-11-6-5-9-21(22)25-23(28)16-27-14-12-19(13-15-27)24(29)26-20-10-7-8-17(2)18(20)3/h5-11,19H,4,12-16H2,1-3H3,(H,26,29). The van der Waals surface area contributed by atoms with Crippen LogP contribution in [0.25, 0.3) is 11.0 Å². The lowest BCUT2D eigenvalue weighted by atomic mass is 9.95. The molecule has 1 aliphatic rings. The number of likely N-dealkylation sites (tertiary alicyclic amines) is 1. The van der Waals surface area contributed by atoms with E-state index in [0.29, 0.717) is 0 Å². The lowest BCUT2D eigenvalue weighted by molar-refractivity contribution is -0.121. The lowest BCUT2D eigenvalue weighted by Gasteiger charge is -2.31. The van der Waals surface area contributed by atoms with Crippen molar-refractivity contribution in [2.45, 2.75) is 46.7 Å². The number of rotatable bonds is 5. The van der Waals surface area contributed by atoms with Gasteiger partial charge in [0, 0.05) is 18.2 Å². The number of imidazole rings is 1. The Morgan fingerprint density at radius 1 is 1.10 bits per heavy atom. The zero-order chi connectivity index (χ0) is 20.4. The lowest BCUT2D eigenvalue weighted by Crippen LogP contribution is -2.38. The Morgan fingerprint density at radius 3 is 2.62 bits per heavy atom. The zero-order valence-corrected chi connectivity index (χ0v) is 17.6. The van der Waals surface area contributed by atoms with Gasteiger partial charge in [-0.05, 0) is 76.0 Å². The Labute approximate surface area is 172 Å². The zero-order valence-electron chi connectivity index (χ0n) is 17.6. The number of fused-ring (bicyclic) bond motifs is 1. The summed E-state index contributed by atoms with van der Waals surface area (Å²) in [7, 11) is 0. The van der Waals surface area contributed by atoms with E-state index < -0.39 is 0 Å². The van der Waals surface area contributed by atoms with Gasteiger partial charge in [0.2, 0.25) is 5.91 Å². The highest BCUT2D eigenvalue weighted by atomic mass is 16.1. The van der Waals surface area contributed by atoms with Crippen molar-refractivity contribution in [3.63, 3.8) is 0 Å². The van der Waals surface area contributed by atoms with Crippen LogP contribution in [0.4, 0.5) is 5.69 Å². The van der Waals surface area contributed by atoms with Gasteiger partial charge >= 0.3 is 0 Å². The number of hydrogen-bond donors (Lipinski definition) is 1. The molecule has 5 nitrogen and oxygen atoms in total. The molecule has 1 saturated heterocycles. The monoisotopic (exact) mass is 390 g/mol. The number of hydrogen-bond acceptors (Lipinski definition) is 3. The third-order valence-electron chi connectivity index (χ3n) is 6.24. The first-order chi connectivity index (χ1) is 14.1. The van der Waals surface area contributed by atoms with E-state index in [1.54, 1.807) is 0 Å². The molecule has 152 valence electrons. The average molecular weight is 391 g/mol. The molecule has 1 N–H and O–H groups in total. The number of para-hydroxylation sites is 2. The van der Waals surface area contributed by atoms with Crippen molar-refractivity contribution in [2.75, 3.05) is 18.4 Å². The van der Waals surface area contributed by atoms with E-state index in [1.165, 1.54) is 11.1 Å². The minimum Gasteiger partial charge on any atom is -0.327 e. The molecule has 3 aromatic rings. The van der Waals surface area contributed by atoms with Crippen molar-refractivity contribution in [1.82, 2.24) is 14.5 Å². The van der Waals surface area contributed by atoms with Gasteiger partial charge in [0.05, 0.1) is 17.6 Å². The Morgan fingerprint density at radius 2 is 1.86 bits per heavy atom. The van der Waals surface area contributed by atoms with Gasteiger partial charge in [-0.15, -0.1) is 0 Å². The van der Waals surface area contributed by atoms with E-state index in [1.807, 2.05) is 18.2 Å². The third-order valence-corrected chi connectivity index (χ3v) is 6.24. The molecular formula is C24H30N4O. The van der Waals surface area contributed by atoms with E-state index in [0.717, 1.165) is 61.6 Å². The Hall–Kier alpha value is -2.66. The van der Waals surface area contributed by atoms with Crippen molar-refractivity contribution >= 4 is 22.6 Å². The molecule has 0 atom stereocenters. The van der Waals surface area contributed by atoms with Crippen molar-refractivity contribution in [3.05, 3.63) is 59.4 Å². The fourth-order valence-electron chi connectivity index (χ4n) is 4.27. The number of anilines is 1. The predicted octanol–water partition coefficient (Wildman–Crippen LogP) is 4.52. The molecular weight excluding hydrogens is 360 g/mol. The molecule has 1 aromatic heterocycles. The highest BCUT2D eigenvalue weighted by Crippen LogP contribution is 2.24. The fourth-order valence-corrected chi connectivity index (χ4v) is 4.27. The summed E-state index contributed by atoms with van der Waals surface area (Å²) < 4.78 is 2.30. The number of amides is 1. The first kappa shape index (κ1) is 19.6. The number of piperidine rings is 1. The molecule has 0 bridgehead atoms. The Bertz CT molecular complexity index is 1010. The highest BCUT2D eigenvalue weighted by Gasteiger charge is 2.26. The summed E-state index contributed by atoms with van der Waals surface area (Å²) in [5, 5.41) is 3.15. The predicted molar refractivity (Wildman–Crippen MR) is 118 cm³/mol. The SMILES string of the molecule is CCn1c(CN2CCC(C(=O)Nc3cccc(C)c3C)CC2)nc2ccccc21. The highest BCUT2D eigenvalue weighted by molar-refractivity contribution is 5.93. The summed E-state index contributed by atoms with van der Waals surface area (Å²) in [5.74, 6) is 1.35. The van der Waals surface area contributed by atoms with Crippen LogP contribution in [0.1, 0.15) is 36.7 Å². The maximum absolute atomic E-state index is 12.8. The van der Waals surface area contributed by atoms with E-state index >= 15 is 0 Å². The second-order valence-electron chi connectivity index (χ2n) is 8.05. The molecule has 5 heteroatoms. The van der Waals surface area contributed by atoms with Crippen molar-refractivity contribution in [3.8, 4) is 0 Å². The molecule has 1 aliphatic heterocycles. The van der Waals surface area contributed by atoms with Crippen LogP contribution in [0.5, 0.6) is 0 Å². The molecule has 0 radical (unpaired) electrons. The van der Waals surface area contributed by atoms with Gasteiger partial charge < -0.3 is 9.88 Å². The van der Waals surface area contributed by atoms with Gasteiger partial charge in [0.25, 0.3) is 0 Å². The van der Waals surface area contributed by atoms with E-state index in [2.05, 4.69) is 59.8 Å². The van der Waals surface area contributed by atoms with Crippen LogP contribution in [-0.4, -0.2) is 33.4 Å². The number of aryl methyl sites for hydroxylation is 2. The molecule has 29 heavy (non-hydrogen) atoms. The van der Waals surface area contributed by atoms with E-state index in [-0.39, 0.29) is 11.8 Å². The fraction of sp³-hybridized carbons (Fsp3) is 0.417. The first-order valence-electron chi connectivity index (χ1n) is 10.6. The molecule has 0 spiro atoms. The van der Waals surface area contributed by atoms with Crippen LogP contribution in [-0.2, 0) is 17.9 Å². The topological polar surface area (TPSA) is 50.2 Å². The van der Waals surface area contributed by atoms with Crippen molar-refractivity contribution in [2.24, 2.45) is 5.92 Å². The molecule has 0 saturated carbocycles.